The topological polar surface area (TPSA) is 28.7 Å². The first-order chi connectivity index (χ1) is 8.76. The third kappa shape index (κ3) is 2.47. The molecule has 0 saturated heterocycles. The average molecular weight is 257 g/mol. The molecule has 2 rings (SSSR count). The van der Waals surface area contributed by atoms with E-state index in [1.807, 2.05) is 42.6 Å². The number of aromatic nitrogens is 1. The smallest absolute Gasteiger partial charge is 0.0999 e. The van der Waals surface area contributed by atoms with Crippen molar-refractivity contribution in [3.05, 3.63) is 58.9 Å². The van der Waals surface area contributed by atoms with Gasteiger partial charge < -0.3 is 4.57 Å². The minimum Gasteiger partial charge on any atom is -0.348 e. The molecule has 0 N–H and O–H groups in total. The second-order valence-electron chi connectivity index (χ2n) is 3.87. The molecule has 0 unspecified atom stereocenters. The van der Waals surface area contributed by atoms with Crippen LogP contribution in [0.1, 0.15) is 18.2 Å². The number of aryl methyl sites for hydroxylation is 1. The van der Waals surface area contributed by atoms with Crippen molar-refractivity contribution in [1.29, 1.82) is 5.26 Å². The molecule has 1 aromatic heterocycles. The summed E-state index contributed by atoms with van der Waals surface area (Å²) in [6.07, 6.45) is 3.86. The van der Waals surface area contributed by atoms with Crippen molar-refractivity contribution < 1.29 is 0 Å². The highest BCUT2D eigenvalue weighted by Gasteiger charge is 2.06. The monoisotopic (exact) mass is 256 g/mol. The average Bonchev–Trinajstić information content (AvgIpc) is 2.84. The Balaban J connectivity index is 2.48. The van der Waals surface area contributed by atoms with Crippen LogP contribution in [0, 0.1) is 11.3 Å². The van der Waals surface area contributed by atoms with Crippen LogP contribution in [0.3, 0.4) is 0 Å². The molecule has 18 heavy (non-hydrogen) atoms. The predicted molar refractivity (Wildman–Crippen MR) is 75.0 cm³/mol. The molecule has 90 valence electrons. The van der Waals surface area contributed by atoms with Crippen molar-refractivity contribution in [2.24, 2.45) is 0 Å². The van der Waals surface area contributed by atoms with Gasteiger partial charge in [-0.2, -0.15) is 5.26 Å². The lowest BCUT2D eigenvalue weighted by Crippen LogP contribution is -1.94. The van der Waals surface area contributed by atoms with E-state index in [9.17, 15) is 5.26 Å². The van der Waals surface area contributed by atoms with Gasteiger partial charge in [0, 0.05) is 29.0 Å². The van der Waals surface area contributed by atoms with Gasteiger partial charge >= 0.3 is 0 Å². The molecule has 2 nitrogen and oxygen atoms in total. The molecule has 0 aliphatic carbocycles. The fraction of sp³-hybridized carbons (Fsp3) is 0.133. The molecule has 0 saturated carbocycles. The summed E-state index contributed by atoms with van der Waals surface area (Å²) in [5, 5.41) is 9.88. The maximum atomic E-state index is 9.28. The van der Waals surface area contributed by atoms with Crippen molar-refractivity contribution in [2.45, 2.75) is 13.5 Å². The lowest BCUT2D eigenvalue weighted by atomic mass is 10.1. The zero-order chi connectivity index (χ0) is 13.0. The first-order valence-corrected chi connectivity index (χ1v) is 6.16. The lowest BCUT2D eigenvalue weighted by Gasteiger charge is -2.04. The van der Waals surface area contributed by atoms with Crippen LogP contribution in [-0.4, -0.2) is 4.57 Å². The Hall–Kier alpha value is -1.98. The molecule has 0 bridgehead atoms. The van der Waals surface area contributed by atoms with Crippen molar-refractivity contribution in [1.82, 2.24) is 4.57 Å². The fourth-order valence-electron chi connectivity index (χ4n) is 1.84. The molecule has 1 heterocycles. The van der Waals surface area contributed by atoms with E-state index < -0.39 is 0 Å². The third-order valence-electron chi connectivity index (χ3n) is 2.78. The second-order valence-corrected chi connectivity index (χ2v) is 4.28. The minimum absolute atomic E-state index is 0.578. The maximum absolute atomic E-state index is 9.28. The summed E-state index contributed by atoms with van der Waals surface area (Å²) < 4.78 is 2.08. The van der Waals surface area contributed by atoms with E-state index in [0.29, 0.717) is 10.6 Å². The van der Waals surface area contributed by atoms with Crippen LogP contribution in [0.2, 0.25) is 5.02 Å². The van der Waals surface area contributed by atoms with E-state index in [-0.39, 0.29) is 0 Å². The van der Waals surface area contributed by atoms with Crippen LogP contribution >= 0.6 is 11.6 Å². The molecule has 0 amide bonds. The standard InChI is InChI=1S/C15H13ClN2/c1-2-18-9-5-6-13(18)10-12(11-17)14-7-3-4-8-15(14)16/h3-10H,2H2,1H3. The Morgan fingerprint density at radius 1 is 1.33 bits per heavy atom. The van der Waals surface area contributed by atoms with E-state index in [1.165, 1.54) is 0 Å². The summed E-state index contributed by atoms with van der Waals surface area (Å²) in [4.78, 5) is 0. The third-order valence-corrected chi connectivity index (χ3v) is 3.11. The molecule has 0 spiro atoms. The van der Waals surface area contributed by atoms with Crippen LogP contribution in [0.5, 0.6) is 0 Å². The maximum Gasteiger partial charge on any atom is 0.0999 e. The Bertz CT molecular complexity index is 617. The molecular weight excluding hydrogens is 244 g/mol. The van der Waals surface area contributed by atoms with Crippen molar-refractivity contribution in [3.63, 3.8) is 0 Å². The summed E-state index contributed by atoms with van der Waals surface area (Å²) in [7, 11) is 0. The van der Waals surface area contributed by atoms with E-state index in [1.54, 1.807) is 6.07 Å². The normalized spacial score (nSPS) is 11.3. The lowest BCUT2D eigenvalue weighted by molar-refractivity contribution is 0.762. The SMILES string of the molecule is CCn1cccc1C=C(C#N)c1ccccc1Cl. The summed E-state index contributed by atoms with van der Waals surface area (Å²) in [6, 6.07) is 13.6. The number of nitrogens with zero attached hydrogens (tertiary/aromatic N) is 2. The predicted octanol–water partition coefficient (Wildman–Crippen LogP) is 4.23. The minimum atomic E-state index is 0.578. The fourth-order valence-corrected chi connectivity index (χ4v) is 2.08. The zero-order valence-corrected chi connectivity index (χ0v) is 10.9. The number of rotatable bonds is 3. The van der Waals surface area contributed by atoms with Crippen LogP contribution < -0.4 is 0 Å². The van der Waals surface area contributed by atoms with Gasteiger partial charge in [0.25, 0.3) is 0 Å². The summed E-state index contributed by atoms with van der Waals surface area (Å²) in [5.41, 5.74) is 2.36. The van der Waals surface area contributed by atoms with Crippen molar-refractivity contribution in [2.75, 3.05) is 0 Å². The highest BCUT2D eigenvalue weighted by atomic mass is 35.5. The molecule has 1 aromatic carbocycles. The molecule has 0 atom stereocenters. The van der Waals surface area contributed by atoms with E-state index in [0.717, 1.165) is 17.8 Å². The van der Waals surface area contributed by atoms with Crippen LogP contribution in [-0.2, 0) is 6.54 Å². The molecule has 0 radical (unpaired) electrons. The number of benzene rings is 1. The van der Waals surface area contributed by atoms with Crippen LogP contribution in [0.25, 0.3) is 11.6 Å². The molecule has 0 fully saturated rings. The number of allylic oxidation sites excluding steroid dienone is 1. The van der Waals surface area contributed by atoms with E-state index >= 15 is 0 Å². The van der Waals surface area contributed by atoms with E-state index in [4.69, 9.17) is 11.6 Å². The number of halogens is 1. The van der Waals surface area contributed by atoms with Gasteiger partial charge in [-0.1, -0.05) is 29.8 Å². The van der Waals surface area contributed by atoms with Gasteiger partial charge in [-0.05, 0) is 31.2 Å². The summed E-state index contributed by atoms with van der Waals surface area (Å²) in [5.74, 6) is 0. The van der Waals surface area contributed by atoms with Crippen molar-refractivity contribution >= 4 is 23.3 Å². The van der Waals surface area contributed by atoms with Crippen LogP contribution in [0.15, 0.2) is 42.6 Å². The number of hydrogen-bond acceptors (Lipinski definition) is 1. The Labute approximate surface area is 112 Å². The molecule has 0 aliphatic heterocycles. The number of hydrogen-bond donors (Lipinski definition) is 0. The van der Waals surface area contributed by atoms with E-state index in [2.05, 4.69) is 17.6 Å². The molecule has 2 aromatic rings. The first kappa shape index (κ1) is 12.5. The summed E-state index contributed by atoms with van der Waals surface area (Å²) >= 11 is 6.11. The van der Waals surface area contributed by atoms with Gasteiger partial charge in [-0.15, -0.1) is 0 Å². The molecule has 3 heteroatoms. The quantitative estimate of drug-likeness (QED) is 0.756. The Morgan fingerprint density at radius 2 is 2.11 bits per heavy atom. The van der Waals surface area contributed by atoms with Gasteiger partial charge in [-0.25, -0.2) is 0 Å². The van der Waals surface area contributed by atoms with Crippen LogP contribution in [0.4, 0.5) is 0 Å². The largest absolute Gasteiger partial charge is 0.348 e. The zero-order valence-electron chi connectivity index (χ0n) is 10.1. The van der Waals surface area contributed by atoms with Gasteiger partial charge in [0.15, 0.2) is 0 Å². The van der Waals surface area contributed by atoms with Crippen molar-refractivity contribution in [3.8, 4) is 6.07 Å². The first-order valence-electron chi connectivity index (χ1n) is 5.78. The second kappa shape index (κ2) is 5.57. The van der Waals surface area contributed by atoms with Gasteiger partial charge in [-0.3, -0.25) is 0 Å². The molecule has 0 aliphatic rings. The summed E-state index contributed by atoms with van der Waals surface area (Å²) in [6.45, 7) is 2.94. The van der Waals surface area contributed by atoms with Gasteiger partial charge in [0.2, 0.25) is 0 Å². The molecular formula is C15H13ClN2. The Morgan fingerprint density at radius 3 is 2.78 bits per heavy atom. The highest BCUT2D eigenvalue weighted by molar-refractivity contribution is 6.32. The number of nitriles is 1. The van der Waals surface area contributed by atoms with Gasteiger partial charge in [0.1, 0.15) is 0 Å². The highest BCUT2D eigenvalue weighted by Crippen LogP contribution is 2.25. The van der Waals surface area contributed by atoms with Gasteiger partial charge in [0.05, 0.1) is 11.6 Å². The Kier molecular flexibility index (Phi) is 3.86.